The van der Waals surface area contributed by atoms with Gasteiger partial charge in [0.2, 0.25) is 11.8 Å². The molecule has 5 aliphatic heterocycles. The maximum atomic E-state index is 14.9. The van der Waals surface area contributed by atoms with E-state index in [1.54, 1.807) is 0 Å². The van der Waals surface area contributed by atoms with E-state index in [9.17, 15) is 18.8 Å². The van der Waals surface area contributed by atoms with Gasteiger partial charge in [0.25, 0.3) is 5.91 Å². The molecule has 4 saturated heterocycles. The molecule has 0 spiro atoms. The highest BCUT2D eigenvalue weighted by Gasteiger charge is 2.41. The largest absolute Gasteiger partial charge is 0.366 e. The zero-order chi connectivity index (χ0) is 18.7. The first-order chi connectivity index (χ1) is 13.0. The SMILES string of the molecule is O=C1CCC(N2Cc3cc(N4CC5CCC4CN5)cc(F)c3C2=O)C(=O)N1. The van der Waals surface area contributed by atoms with Crippen LogP contribution in [0.1, 0.15) is 41.6 Å². The number of hydrogen-bond donors (Lipinski definition) is 2. The molecular formula is C19H21FN4O3. The lowest BCUT2D eigenvalue weighted by molar-refractivity contribution is -0.136. The molecule has 3 atom stereocenters. The molecule has 0 aliphatic carbocycles. The molecule has 5 aliphatic rings. The van der Waals surface area contributed by atoms with Gasteiger partial charge in [-0.05, 0) is 37.0 Å². The Morgan fingerprint density at radius 3 is 2.59 bits per heavy atom. The van der Waals surface area contributed by atoms with E-state index < -0.39 is 23.7 Å². The Labute approximate surface area is 155 Å². The molecule has 3 amide bonds. The number of fused-ring (bicyclic) bond motifs is 4. The summed E-state index contributed by atoms with van der Waals surface area (Å²) < 4.78 is 14.9. The molecule has 5 heterocycles. The Bertz CT molecular complexity index is 850. The van der Waals surface area contributed by atoms with E-state index >= 15 is 0 Å². The second kappa shape index (κ2) is 6.02. The predicted molar refractivity (Wildman–Crippen MR) is 94.6 cm³/mol. The van der Waals surface area contributed by atoms with Crippen molar-refractivity contribution >= 4 is 23.4 Å². The molecule has 0 saturated carbocycles. The summed E-state index contributed by atoms with van der Waals surface area (Å²) in [6.07, 6.45) is 2.68. The minimum Gasteiger partial charge on any atom is -0.366 e. The number of carbonyl (C=O) groups excluding carboxylic acids is 3. The van der Waals surface area contributed by atoms with Gasteiger partial charge in [-0.2, -0.15) is 0 Å². The van der Waals surface area contributed by atoms with Crippen molar-refractivity contribution in [3.63, 3.8) is 0 Å². The number of anilines is 1. The summed E-state index contributed by atoms with van der Waals surface area (Å²) in [5.74, 6) is -1.81. The standard InChI is InChI=1S/C19H21FN4O3/c20-14-6-13(23-9-11-1-2-12(23)7-21-11)5-10-8-24(19(27)17(10)14)15-3-4-16(25)22-18(15)26/h5-6,11-12,15,21H,1-4,7-9H2,(H,22,25,26). The number of amides is 3. The van der Waals surface area contributed by atoms with Crippen molar-refractivity contribution in [1.82, 2.24) is 15.5 Å². The second-order valence-electron chi connectivity index (χ2n) is 7.85. The van der Waals surface area contributed by atoms with E-state index in [0.717, 1.165) is 31.6 Å². The Hall–Kier alpha value is -2.48. The van der Waals surface area contributed by atoms with E-state index in [1.807, 2.05) is 6.07 Å². The lowest BCUT2D eigenvalue weighted by Crippen LogP contribution is -2.61. The smallest absolute Gasteiger partial charge is 0.258 e. The molecule has 0 radical (unpaired) electrons. The molecule has 4 fully saturated rings. The van der Waals surface area contributed by atoms with Crippen molar-refractivity contribution in [3.8, 4) is 0 Å². The summed E-state index contributed by atoms with van der Waals surface area (Å²) in [6.45, 7) is 1.93. The lowest BCUT2D eigenvalue weighted by atomic mass is 9.92. The van der Waals surface area contributed by atoms with Gasteiger partial charge < -0.3 is 15.1 Å². The summed E-state index contributed by atoms with van der Waals surface area (Å²) in [7, 11) is 0. The van der Waals surface area contributed by atoms with Crippen LogP contribution in [-0.2, 0) is 16.1 Å². The summed E-state index contributed by atoms with van der Waals surface area (Å²) in [5.41, 5.74) is 1.48. The van der Waals surface area contributed by atoms with Crippen LogP contribution >= 0.6 is 0 Å². The first-order valence-electron chi connectivity index (χ1n) is 9.48. The van der Waals surface area contributed by atoms with Gasteiger partial charge in [0, 0.05) is 43.8 Å². The summed E-state index contributed by atoms with van der Waals surface area (Å²) in [4.78, 5) is 39.9. The van der Waals surface area contributed by atoms with Gasteiger partial charge in [-0.3, -0.25) is 19.7 Å². The van der Waals surface area contributed by atoms with Gasteiger partial charge >= 0.3 is 0 Å². The maximum Gasteiger partial charge on any atom is 0.258 e. The molecule has 1 aromatic rings. The minimum absolute atomic E-state index is 0.0590. The van der Waals surface area contributed by atoms with Crippen molar-refractivity contribution < 1.29 is 18.8 Å². The van der Waals surface area contributed by atoms with Crippen molar-refractivity contribution in [1.29, 1.82) is 0 Å². The summed E-state index contributed by atoms with van der Waals surface area (Å²) in [6, 6.07) is 3.39. The third-order valence-corrected chi connectivity index (χ3v) is 6.24. The topological polar surface area (TPSA) is 81.8 Å². The van der Waals surface area contributed by atoms with Crippen molar-refractivity contribution in [2.24, 2.45) is 0 Å². The van der Waals surface area contributed by atoms with Crippen LogP contribution in [-0.4, -0.2) is 53.8 Å². The van der Waals surface area contributed by atoms with Crippen LogP contribution in [0.5, 0.6) is 0 Å². The van der Waals surface area contributed by atoms with Crippen LogP contribution in [0.3, 0.4) is 0 Å². The molecule has 2 N–H and O–H groups in total. The highest BCUT2D eigenvalue weighted by Crippen LogP contribution is 2.35. The van der Waals surface area contributed by atoms with E-state index in [1.165, 1.54) is 11.0 Å². The third kappa shape index (κ3) is 2.62. The van der Waals surface area contributed by atoms with Gasteiger partial charge in [0.1, 0.15) is 11.9 Å². The fourth-order valence-electron chi connectivity index (χ4n) is 4.83. The predicted octanol–water partition coefficient (Wildman–Crippen LogP) is 0.527. The van der Waals surface area contributed by atoms with E-state index in [-0.39, 0.29) is 30.9 Å². The molecule has 7 nitrogen and oxygen atoms in total. The molecule has 1 aromatic carbocycles. The number of piperazine rings is 1. The third-order valence-electron chi connectivity index (χ3n) is 6.24. The maximum absolute atomic E-state index is 14.9. The van der Waals surface area contributed by atoms with E-state index in [0.29, 0.717) is 17.6 Å². The summed E-state index contributed by atoms with van der Waals surface area (Å²) in [5, 5.41) is 5.75. The zero-order valence-corrected chi connectivity index (χ0v) is 14.8. The highest BCUT2D eigenvalue weighted by molar-refractivity contribution is 6.05. The Kier molecular flexibility index (Phi) is 3.72. The molecule has 3 unspecified atom stereocenters. The lowest BCUT2D eigenvalue weighted by Gasteiger charge is -2.47. The quantitative estimate of drug-likeness (QED) is 0.740. The first kappa shape index (κ1) is 16.7. The zero-order valence-electron chi connectivity index (χ0n) is 14.8. The molecule has 142 valence electrons. The molecular weight excluding hydrogens is 351 g/mol. The molecule has 8 heteroatoms. The molecule has 27 heavy (non-hydrogen) atoms. The van der Waals surface area contributed by atoms with Gasteiger partial charge in [0.05, 0.1) is 5.56 Å². The highest BCUT2D eigenvalue weighted by atomic mass is 19.1. The number of hydrogen-bond acceptors (Lipinski definition) is 5. The average molecular weight is 372 g/mol. The molecule has 2 bridgehead atoms. The first-order valence-corrected chi connectivity index (χ1v) is 9.48. The van der Waals surface area contributed by atoms with Crippen LogP contribution in [0.4, 0.5) is 10.1 Å². The van der Waals surface area contributed by atoms with Gasteiger partial charge in [-0.1, -0.05) is 0 Å². The molecule has 6 rings (SSSR count). The monoisotopic (exact) mass is 372 g/mol. The van der Waals surface area contributed by atoms with Crippen molar-refractivity contribution in [3.05, 3.63) is 29.1 Å². The normalized spacial score (nSPS) is 30.0. The van der Waals surface area contributed by atoms with Crippen LogP contribution in [0, 0.1) is 5.82 Å². The van der Waals surface area contributed by atoms with Crippen molar-refractivity contribution in [2.45, 2.75) is 50.4 Å². The summed E-state index contributed by atoms with van der Waals surface area (Å²) >= 11 is 0. The van der Waals surface area contributed by atoms with Crippen LogP contribution in [0.2, 0.25) is 0 Å². The van der Waals surface area contributed by atoms with Gasteiger partial charge in [-0.15, -0.1) is 0 Å². The number of piperidine rings is 3. The van der Waals surface area contributed by atoms with Crippen molar-refractivity contribution in [2.75, 3.05) is 18.0 Å². The number of halogens is 1. The fraction of sp³-hybridized carbons (Fsp3) is 0.526. The van der Waals surface area contributed by atoms with Crippen LogP contribution < -0.4 is 15.5 Å². The number of nitrogens with zero attached hydrogens (tertiary/aromatic N) is 2. The number of benzene rings is 1. The van der Waals surface area contributed by atoms with Gasteiger partial charge in [-0.25, -0.2) is 4.39 Å². The number of rotatable bonds is 2. The Morgan fingerprint density at radius 1 is 1.07 bits per heavy atom. The van der Waals surface area contributed by atoms with E-state index in [4.69, 9.17) is 0 Å². The van der Waals surface area contributed by atoms with Gasteiger partial charge in [0.15, 0.2) is 0 Å². The number of imide groups is 1. The fourth-order valence-corrected chi connectivity index (χ4v) is 4.83. The number of carbonyl (C=O) groups is 3. The van der Waals surface area contributed by atoms with E-state index in [2.05, 4.69) is 15.5 Å². The van der Waals surface area contributed by atoms with Crippen LogP contribution in [0.15, 0.2) is 12.1 Å². The second-order valence-corrected chi connectivity index (χ2v) is 7.85. The van der Waals surface area contributed by atoms with Crippen LogP contribution in [0.25, 0.3) is 0 Å². The number of nitrogens with one attached hydrogen (secondary N) is 2. The minimum atomic E-state index is -0.722. The Morgan fingerprint density at radius 2 is 1.93 bits per heavy atom. The average Bonchev–Trinajstić information content (AvgIpc) is 2.99. The molecule has 0 aromatic heterocycles. The Balaban J connectivity index is 1.44.